The van der Waals surface area contributed by atoms with E-state index < -0.39 is 12.2 Å². The number of carbonyl (C=O) groups is 2. The van der Waals surface area contributed by atoms with Crippen molar-refractivity contribution in [2.75, 3.05) is 25.1 Å². The number of amides is 2. The average Bonchev–Trinajstić information content (AvgIpc) is 3.01. The van der Waals surface area contributed by atoms with Gasteiger partial charge in [0.05, 0.1) is 25.2 Å². The van der Waals surface area contributed by atoms with Crippen LogP contribution in [0.2, 0.25) is 10.0 Å². The van der Waals surface area contributed by atoms with Gasteiger partial charge in [0.15, 0.2) is 0 Å². The number of hydrogen-bond donors (Lipinski definition) is 1. The van der Waals surface area contributed by atoms with Crippen LogP contribution in [0.25, 0.3) is 0 Å². The number of anilines is 1. The van der Waals surface area contributed by atoms with E-state index in [0.717, 1.165) is 0 Å². The summed E-state index contributed by atoms with van der Waals surface area (Å²) in [7, 11) is 1.52. The van der Waals surface area contributed by atoms with Crippen LogP contribution in [-0.2, 0) is 4.74 Å². The van der Waals surface area contributed by atoms with Crippen LogP contribution in [0.4, 0.5) is 10.5 Å². The molecule has 1 saturated heterocycles. The van der Waals surface area contributed by atoms with Gasteiger partial charge in [-0.15, -0.1) is 0 Å². The fourth-order valence-corrected chi connectivity index (χ4v) is 2.95. The summed E-state index contributed by atoms with van der Waals surface area (Å²) in [4.78, 5) is 25.7. The quantitative estimate of drug-likeness (QED) is 0.837. The van der Waals surface area contributed by atoms with Crippen LogP contribution < -0.4 is 15.0 Å². The Labute approximate surface area is 160 Å². The van der Waals surface area contributed by atoms with Crippen LogP contribution in [-0.4, -0.2) is 38.3 Å². The van der Waals surface area contributed by atoms with Crippen LogP contribution in [0.1, 0.15) is 10.4 Å². The predicted molar refractivity (Wildman–Crippen MR) is 99.4 cm³/mol. The van der Waals surface area contributed by atoms with E-state index in [1.807, 2.05) is 0 Å². The third kappa shape index (κ3) is 4.03. The summed E-state index contributed by atoms with van der Waals surface area (Å²) in [5.41, 5.74) is 1.09. The van der Waals surface area contributed by atoms with Crippen molar-refractivity contribution >= 4 is 40.9 Å². The molecule has 3 rings (SSSR count). The van der Waals surface area contributed by atoms with Gasteiger partial charge in [-0.2, -0.15) is 0 Å². The maximum absolute atomic E-state index is 12.1. The molecule has 2 aromatic rings. The molecule has 0 aromatic heterocycles. The van der Waals surface area contributed by atoms with Crippen molar-refractivity contribution < 1.29 is 19.1 Å². The second-order valence-electron chi connectivity index (χ2n) is 5.65. The van der Waals surface area contributed by atoms with Gasteiger partial charge in [0.1, 0.15) is 11.9 Å². The van der Waals surface area contributed by atoms with Crippen LogP contribution in [0.3, 0.4) is 0 Å². The molecule has 1 heterocycles. The first-order valence-corrected chi connectivity index (χ1v) is 8.59. The molecule has 0 aliphatic carbocycles. The van der Waals surface area contributed by atoms with E-state index in [1.165, 1.54) is 12.0 Å². The van der Waals surface area contributed by atoms with Gasteiger partial charge in [-0.3, -0.25) is 9.69 Å². The summed E-state index contributed by atoms with van der Waals surface area (Å²) >= 11 is 11.9. The number of nitrogens with zero attached hydrogens (tertiary/aromatic N) is 1. The fraction of sp³-hybridized carbons (Fsp3) is 0.222. The third-order valence-electron chi connectivity index (χ3n) is 3.92. The zero-order chi connectivity index (χ0) is 18.7. The molecule has 0 radical (unpaired) electrons. The summed E-state index contributed by atoms with van der Waals surface area (Å²) in [6.45, 7) is 0.510. The highest BCUT2D eigenvalue weighted by Crippen LogP contribution is 2.31. The van der Waals surface area contributed by atoms with Crippen molar-refractivity contribution in [2.45, 2.75) is 6.10 Å². The zero-order valence-corrected chi connectivity index (χ0v) is 15.4. The molecule has 2 amide bonds. The molecule has 1 N–H and O–H groups in total. The van der Waals surface area contributed by atoms with Crippen molar-refractivity contribution in [3.8, 4) is 5.75 Å². The molecule has 26 heavy (non-hydrogen) atoms. The Morgan fingerprint density at radius 1 is 1.27 bits per heavy atom. The van der Waals surface area contributed by atoms with E-state index in [0.29, 0.717) is 33.6 Å². The van der Waals surface area contributed by atoms with Crippen molar-refractivity contribution in [1.82, 2.24) is 5.32 Å². The lowest BCUT2D eigenvalue weighted by molar-refractivity contribution is 0.0916. The fourth-order valence-electron chi connectivity index (χ4n) is 2.57. The Morgan fingerprint density at radius 3 is 2.65 bits per heavy atom. The molecular weight excluding hydrogens is 379 g/mol. The average molecular weight is 395 g/mol. The number of carbonyl (C=O) groups excluding carboxylic acids is 2. The van der Waals surface area contributed by atoms with E-state index in [2.05, 4.69) is 5.32 Å². The van der Waals surface area contributed by atoms with Gasteiger partial charge in [-0.05, 0) is 42.5 Å². The van der Waals surface area contributed by atoms with Crippen molar-refractivity contribution in [3.63, 3.8) is 0 Å². The zero-order valence-electron chi connectivity index (χ0n) is 13.9. The van der Waals surface area contributed by atoms with Crippen molar-refractivity contribution in [1.29, 1.82) is 0 Å². The SMILES string of the molecule is COc1ccc(N2CC(CNC(=O)c3ccc(Cl)cc3)OC2=O)cc1Cl. The number of halogens is 2. The minimum absolute atomic E-state index is 0.202. The first-order chi connectivity index (χ1) is 12.5. The van der Waals surface area contributed by atoms with Crippen molar-refractivity contribution in [2.24, 2.45) is 0 Å². The molecule has 6 nitrogen and oxygen atoms in total. The third-order valence-corrected chi connectivity index (χ3v) is 4.47. The Morgan fingerprint density at radius 2 is 2.00 bits per heavy atom. The molecule has 1 atom stereocenters. The Hall–Kier alpha value is -2.44. The number of benzene rings is 2. The van der Waals surface area contributed by atoms with Gasteiger partial charge in [-0.1, -0.05) is 23.2 Å². The second-order valence-corrected chi connectivity index (χ2v) is 6.50. The lowest BCUT2D eigenvalue weighted by Crippen LogP contribution is -2.34. The molecule has 0 spiro atoms. The lowest BCUT2D eigenvalue weighted by atomic mass is 10.2. The largest absolute Gasteiger partial charge is 0.495 e. The summed E-state index contributed by atoms with van der Waals surface area (Å²) in [6, 6.07) is 11.6. The highest BCUT2D eigenvalue weighted by Gasteiger charge is 2.32. The molecule has 8 heteroatoms. The van der Waals surface area contributed by atoms with Crippen LogP contribution in [0.15, 0.2) is 42.5 Å². The maximum atomic E-state index is 12.1. The van der Waals surface area contributed by atoms with Gasteiger partial charge in [0, 0.05) is 16.3 Å². The minimum Gasteiger partial charge on any atom is -0.495 e. The van der Waals surface area contributed by atoms with Gasteiger partial charge in [-0.25, -0.2) is 4.79 Å². The Kier molecular flexibility index (Phi) is 5.54. The van der Waals surface area contributed by atoms with E-state index in [1.54, 1.807) is 42.5 Å². The summed E-state index contributed by atoms with van der Waals surface area (Å²) < 4.78 is 10.4. The Bertz CT molecular complexity index is 826. The van der Waals surface area contributed by atoms with Gasteiger partial charge in [0.2, 0.25) is 0 Å². The van der Waals surface area contributed by atoms with Gasteiger partial charge < -0.3 is 14.8 Å². The minimum atomic E-state index is -0.489. The first-order valence-electron chi connectivity index (χ1n) is 7.83. The van der Waals surface area contributed by atoms with Crippen LogP contribution in [0, 0.1) is 0 Å². The first kappa shape index (κ1) is 18.4. The molecule has 136 valence electrons. The van der Waals surface area contributed by atoms with Crippen LogP contribution >= 0.6 is 23.2 Å². The molecule has 2 aromatic carbocycles. The highest BCUT2D eigenvalue weighted by atomic mass is 35.5. The highest BCUT2D eigenvalue weighted by molar-refractivity contribution is 6.32. The molecule has 0 bridgehead atoms. The number of rotatable bonds is 5. The summed E-state index contributed by atoms with van der Waals surface area (Å²) in [5.74, 6) is 0.262. The molecule has 1 aliphatic rings. The monoisotopic (exact) mass is 394 g/mol. The summed E-state index contributed by atoms with van der Waals surface area (Å²) in [5, 5.41) is 3.71. The smallest absolute Gasteiger partial charge is 0.414 e. The normalized spacial score (nSPS) is 16.3. The lowest BCUT2D eigenvalue weighted by Gasteiger charge is -2.14. The topological polar surface area (TPSA) is 67.9 Å². The van der Waals surface area contributed by atoms with E-state index in [4.69, 9.17) is 32.7 Å². The van der Waals surface area contributed by atoms with Gasteiger partial charge >= 0.3 is 6.09 Å². The van der Waals surface area contributed by atoms with Gasteiger partial charge in [0.25, 0.3) is 5.91 Å². The molecule has 0 saturated carbocycles. The van der Waals surface area contributed by atoms with Crippen LogP contribution in [0.5, 0.6) is 5.75 Å². The number of ether oxygens (including phenoxy) is 2. The predicted octanol–water partition coefficient (Wildman–Crippen LogP) is 3.76. The Balaban J connectivity index is 1.60. The number of hydrogen-bond acceptors (Lipinski definition) is 4. The van der Waals surface area contributed by atoms with E-state index in [-0.39, 0.29) is 12.5 Å². The number of methoxy groups -OCH3 is 1. The van der Waals surface area contributed by atoms with E-state index in [9.17, 15) is 9.59 Å². The maximum Gasteiger partial charge on any atom is 0.414 e. The standard InChI is InChI=1S/C18H16Cl2N2O4/c1-25-16-7-6-13(8-15(16)20)22-10-14(26-18(22)24)9-21-17(23)11-2-4-12(19)5-3-11/h2-8,14H,9-10H2,1H3,(H,21,23). The number of nitrogens with one attached hydrogen (secondary N) is 1. The summed E-state index contributed by atoms with van der Waals surface area (Å²) in [6.07, 6.45) is -0.948. The van der Waals surface area contributed by atoms with E-state index >= 15 is 0 Å². The molecule has 1 aliphatic heterocycles. The number of cyclic esters (lactones) is 1. The second kappa shape index (κ2) is 7.85. The molecular formula is C18H16Cl2N2O4. The van der Waals surface area contributed by atoms with Crippen molar-refractivity contribution in [3.05, 3.63) is 58.1 Å². The molecule has 1 fully saturated rings. The molecule has 1 unspecified atom stereocenters.